The summed E-state index contributed by atoms with van der Waals surface area (Å²) in [6.07, 6.45) is 0. The van der Waals surface area contributed by atoms with E-state index in [0.29, 0.717) is 10.6 Å². The summed E-state index contributed by atoms with van der Waals surface area (Å²) in [5.41, 5.74) is 2.40. The molecule has 2 aromatic rings. The predicted octanol–water partition coefficient (Wildman–Crippen LogP) is 4.96. The first-order valence-electron chi connectivity index (χ1n) is 5.85. The number of benzene rings is 2. The van der Waals surface area contributed by atoms with Gasteiger partial charge in [0.15, 0.2) is 0 Å². The largest absolute Gasteiger partial charge is 0.378 e. The molecule has 1 nitrogen and oxygen atoms in total. The number of halogens is 2. The Kier molecular flexibility index (Phi) is 3.87. The SMILES string of the molecule is Cc1ccc(NC(C)c2ccccc2Cl)cc1F. The number of hydrogen-bond donors (Lipinski definition) is 1. The van der Waals surface area contributed by atoms with E-state index in [1.54, 1.807) is 13.0 Å². The van der Waals surface area contributed by atoms with Gasteiger partial charge in [0, 0.05) is 16.8 Å². The summed E-state index contributed by atoms with van der Waals surface area (Å²) in [7, 11) is 0. The number of nitrogens with one attached hydrogen (secondary N) is 1. The van der Waals surface area contributed by atoms with Gasteiger partial charge in [0.1, 0.15) is 5.82 Å². The molecule has 2 aromatic carbocycles. The van der Waals surface area contributed by atoms with Crippen LogP contribution in [-0.4, -0.2) is 0 Å². The second kappa shape index (κ2) is 5.40. The molecule has 0 amide bonds. The summed E-state index contributed by atoms with van der Waals surface area (Å²) >= 11 is 6.13. The van der Waals surface area contributed by atoms with E-state index in [4.69, 9.17) is 11.6 Å². The maximum Gasteiger partial charge on any atom is 0.128 e. The van der Waals surface area contributed by atoms with Gasteiger partial charge in [-0.05, 0) is 43.2 Å². The van der Waals surface area contributed by atoms with Crippen molar-refractivity contribution in [2.75, 3.05) is 5.32 Å². The summed E-state index contributed by atoms with van der Waals surface area (Å²) < 4.78 is 13.4. The van der Waals surface area contributed by atoms with Crippen molar-refractivity contribution in [3.8, 4) is 0 Å². The molecule has 0 saturated heterocycles. The third kappa shape index (κ3) is 2.82. The molecule has 0 fully saturated rings. The van der Waals surface area contributed by atoms with Crippen molar-refractivity contribution >= 4 is 17.3 Å². The molecule has 0 radical (unpaired) electrons. The summed E-state index contributed by atoms with van der Waals surface area (Å²) in [6.45, 7) is 3.75. The molecular weight excluding hydrogens is 249 g/mol. The number of rotatable bonds is 3. The number of aryl methyl sites for hydroxylation is 1. The van der Waals surface area contributed by atoms with Gasteiger partial charge < -0.3 is 5.32 Å². The average Bonchev–Trinajstić information content (AvgIpc) is 2.34. The minimum absolute atomic E-state index is 0.0285. The number of anilines is 1. The normalized spacial score (nSPS) is 12.2. The first-order valence-corrected chi connectivity index (χ1v) is 6.23. The summed E-state index contributed by atoms with van der Waals surface area (Å²) in [6, 6.07) is 12.8. The molecule has 0 aromatic heterocycles. The molecular formula is C15H15ClFN. The fraction of sp³-hybridized carbons (Fsp3) is 0.200. The Hall–Kier alpha value is -1.54. The van der Waals surface area contributed by atoms with E-state index in [1.807, 2.05) is 37.3 Å². The van der Waals surface area contributed by atoms with Gasteiger partial charge in [0.2, 0.25) is 0 Å². The highest BCUT2D eigenvalue weighted by Crippen LogP contribution is 2.26. The van der Waals surface area contributed by atoms with Crippen molar-refractivity contribution < 1.29 is 4.39 Å². The van der Waals surface area contributed by atoms with E-state index < -0.39 is 0 Å². The zero-order valence-electron chi connectivity index (χ0n) is 10.4. The lowest BCUT2D eigenvalue weighted by molar-refractivity contribution is 0.618. The van der Waals surface area contributed by atoms with Crippen molar-refractivity contribution in [2.45, 2.75) is 19.9 Å². The van der Waals surface area contributed by atoms with E-state index in [2.05, 4.69) is 5.32 Å². The lowest BCUT2D eigenvalue weighted by atomic mass is 10.1. The Bertz CT molecular complexity index is 554. The molecule has 0 aliphatic carbocycles. The molecule has 0 aliphatic heterocycles. The minimum Gasteiger partial charge on any atom is -0.378 e. The van der Waals surface area contributed by atoms with Crippen molar-refractivity contribution in [2.24, 2.45) is 0 Å². The Morgan fingerprint density at radius 3 is 2.56 bits per heavy atom. The molecule has 1 unspecified atom stereocenters. The van der Waals surface area contributed by atoms with Crippen LogP contribution < -0.4 is 5.32 Å². The quantitative estimate of drug-likeness (QED) is 0.825. The minimum atomic E-state index is -0.202. The average molecular weight is 264 g/mol. The Labute approximate surface area is 112 Å². The van der Waals surface area contributed by atoms with Crippen LogP contribution in [0.3, 0.4) is 0 Å². The van der Waals surface area contributed by atoms with Gasteiger partial charge >= 0.3 is 0 Å². The fourth-order valence-corrected chi connectivity index (χ4v) is 2.14. The highest BCUT2D eigenvalue weighted by atomic mass is 35.5. The highest BCUT2D eigenvalue weighted by molar-refractivity contribution is 6.31. The Morgan fingerprint density at radius 1 is 1.17 bits per heavy atom. The van der Waals surface area contributed by atoms with Gasteiger partial charge in [-0.3, -0.25) is 0 Å². The van der Waals surface area contributed by atoms with Crippen LogP contribution in [0.25, 0.3) is 0 Å². The zero-order valence-corrected chi connectivity index (χ0v) is 11.1. The first kappa shape index (κ1) is 12.9. The van der Waals surface area contributed by atoms with Crippen LogP contribution in [0.4, 0.5) is 10.1 Å². The number of hydrogen-bond acceptors (Lipinski definition) is 1. The molecule has 0 heterocycles. The van der Waals surface area contributed by atoms with E-state index in [9.17, 15) is 4.39 Å². The van der Waals surface area contributed by atoms with Crippen LogP contribution in [0.2, 0.25) is 5.02 Å². The van der Waals surface area contributed by atoms with E-state index in [1.165, 1.54) is 6.07 Å². The maximum absolute atomic E-state index is 13.4. The van der Waals surface area contributed by atoms with Crippen molar-refractivity contribution in [1.29, 1.82) is 0 Å². The van der Waals surface area contributed by atoms with Crippen molar-refractivity contribution in [3.63, 3.8) is 0 Å². The Balaban J connectivity index is 2.19. The maximum atomic E-state index is 13.4. The topological polar surface area (TPSA) is 12.0 Å². The van der Waals surface area contributed by atoms with Crippen LogP contribution >= 0.6 is 11.6 Å². The summed E-state index contributed by atoms with van der Waals surface area (Å²) in [4.78, 5) is 0. The lowest BCUT2D eigenvalue weighted by Gasteiger charge is -2.17. The third-order valence-electron chi connectivity index (χ3n) is 2.93. The van der Waals surface area contributed by atoms with Crippen LogP contribution in [0.1, 0.15) is 24.1 Å². The molecule has 0 saturated carbocycles. The standard InChI is InChI=1S/C15H15ClFN/c1-10-7-8-12(9-15(10)17)18-11(2)13-5-3-4-6-14(13)16/h3-9,11,18H,1-2H3. The van der Waals surface area contributed by atoms with Crippen LogP contribution in [-0.2, 0) is 0 Å². The van der Waals surface area contributed by atoms with E-state index in [0.717, 1.165) is 11.3 Å². The van der Waals surface area contributed by atoms with Crippen LogP contribution in [0, 0.1) is 12.7 Å². The highest BCUT2D eigenvalue weighted by Gasteiger charge is 2.09. The molecule has 94 valence electrons. The van der Waals surface area contributed by atoms with Crippen molar-refractivity contribution in [1.82, 2.24) is 0 Å². The molecule has 1 N–H and O–H groups in total. The molecule has 0 bridgehead atoms. The monoisotopic (exact) mass is 263 g/mol. The van der Waals surface area contributed by atoms with Crippen LogP contribution in [0.5, 0.6) is 0 Å². The third-order valence-corrected chi connectivity index (χ3v) is 3.27. The van der Waals surface area contributed by atoms with Gasteiger partial charge in [-0.1, -0.05) is 35.9 Å². The second-order valence-electron chi connectivity index (χ2n) is 4.35. The van der Waals surface area contributed by atoms with E-state index >= 15 is 0 Å². The lowest BCUT2D eigenvalue weighted by Crippen LogP contribution is -2.07. The van der Waals surface area contributed by atoms with E-state index in [-0.39, 0.29) is 11.9 Å². The molecule has 0 aliphatic rings. The van der Waals surface area contributed by atoms with Gasteiger partial charge in [-0.15, -0.1) is 0 Å². The molecule has 0 spiro atoms. The van der Waals surface area contributed by atoms with Gasteiger partial charge in [0.05, 0.1) is 0 Å². The molecule has 2 rings (SSSR count). The van der Waals surface area contributed by atoms with Gasteiger partial charge in [-0.25, -0.2) is 4.39 Å². The zero-order chi connectivity index (χ0) is 13.1. The smallest absolute Gasteiger partial charge is 0.128 e. The molecule has 1 atom stereocenters. The second-order valence-corrected chi connectivity index (χ2v) is 4.76. The molecule has 18 heavy (non-hydrogen) atoms. The van der Waals surface area contributed by atoms with Gasteiger partial charge in [-0.2, -0.15) is 0 Å². The van der Waals surface area contributed by atoms with Crippen LogP contribution in [0.15, 0.2) is 42.5 Å². The molecule has 3 heteroatoms. The predicted molar refractivity (Wildman–Crippen MR) is 74.6 cm³/mol. The fourth-order valence-electron chi connectivity index (χ4n) is 1.84. The summed E-state index contributed by atoms with van der Waals surface area (Å²) in [5.74, 6) is -0.202. The van der Waals surface area contributed by atoms with Gasteiger partial charge in [0.25, 0.3) is 0 Å². The first-order chi connectivity index (χ1) is 8.58. The van der Waals surface area contributed by atoms with Crippen molar-refractivity contribution in [3.05, 3.63) is 64.4 Å². The summed E-state index contributed by atoms with van der Waals surface area (Å²) in [5, 5.41) is 3.96. The Morgan fingerprint density at radius 2 is 1.89 bits per heavy atom.